The van der Waals surface area contributed by atoms with E-state index in [1.807, 2.05) is 0 Å². The highest BCUT2D eigenvalue weighted by Crippen LogP contribution is 2.27. The number of urea groups is 1. The van der Waals surface area contributed by atoms with E-state index in [1.54, 1.807) is 19.9 Å². The second kappa shape index (κ2) is 7.88. The number of alkyl halides is 3. The zero-order chi connectivity index (χ0) is 16.8. The van der Waals surface area contributed by atoms with Crippen LogP contribution in [-0.4, -0.2) is 36.6 Å². The molecule has 1 atom stereocenters. The summed E-state index contributed by atoms with van der Waals surface area (Å²) in [5, 5.41) is 13.8. The summed E-state index contributed by atoms with van der Waals surface area (Å²) >= 11 is 0. The van der Waals surface area contributed by atoms with Gasteiger partial charge in [0.1, 0.15) is 5.75 Å². The van der Waals surface area contributed by atoms with Crippen LogP contribution in [0.25, 0.3) is 0 Å². The van der Waals surface area contributed by atoms with Crippen molar-refractivity contribution in [3.63, 3.8) is 0 Å². The van der Waals surface area contributed by atoms with E-state index < -0.39 is 18.8 Å². The first-order valence-electron chi connectivity index (χ1n) is 6.70. The van der Waals surface area contributed by atoms with E-state index in [1.165, 1.54) is 12.1 Å². The number of carbonyl (C=O) groups is 1. The number of anilines is 1. The molecule has 0 aliphatic heterocycles. The number of hydrogen-bond donors (Lipinski definition) is 3. The van der Waals surface area contributed by atoms with Crippen LogP contribution in [0.3, 0.4) is 0 Å². The Balaban J connectivity index is 2.74. The highest BCUT2D eigenvalue weighted by Gasteiger charge is 2.29. The smallest absolute Gasteiger partial charge is 0.422 e. The summed E-state index contributed by atoms with van der Waals surface area (Å²) < 4.78 is 41.5. The highest BCUT2D eigenvalue weighted by atomic mass is 19.4. The molecule has 0 radical (unpaired) electrons. The number of aliphatic hydroxyl groups excluding tert-OH is 1. The molecule has 0 unspecified atom stereocenters. The number of amides is 2. The Morgan fingerprint density at radius 3 is 2.68 bits per heavy atom. The Morgan fingerprint density at radius 1 is 1.41 bits per heavy atom. The number of ether oxygens (including phenoxy) is 1. The number of nitrogens with one attached hydrogen (secondary N) is 2. The molecule has 1 aromatic carbocycles. The van der Waals surface area contributed by atoms with Gasteiger partial charge in [-0.3, -0.25) is 0 Å². The molecule has 0 aliphatic rings. The van der Waals surface area contributed by atoms with Gasteiger partial charge in [0.15, 0.2) is 6.61 Å². The van der Waals surface area contributed by atoms with Crippen LogP contribution in [-0.2, 0) is 0 Å². The summed E-state index contributed by atoms with van der Waals surface area (Å²) in [5.41, 5.74) is 0.848. The summed E-state index contributed by atoms with van der Waals surface area (Å²) in [6, 6.07) is 3.68. The molecule has 1 rings (SSSR count). The minimum Gasteiger partial charge on any atom is -0.482 e. The van der Waals surface area contributed by atoms with Crippen LogP contribution in [0.1, 0.15) is 18.9 Å². The fourth-order valence-corrected chi connectivity index (χ4v) is 1.66. The summed E-state index contributed by atoms with van der Waals surface area (Å²) in [6.07, 6.45) is -4.09. The van der Waals surface area contributed by atoms with Gasteiger partial charge in [0.05, 0.1) is 5.69 Å². The minimum absolute atomic E-state index is 0.0534. The number of aliphatic hydroxyl groups is 1. The van der Waals surface area contributed by atoms with Gasteiger partial charge in [-0.05, 0) is 38.0 Å². The van der Waals surface area contributed by atoms with Crippen molar-refractivity contribution in [2.45, 2.75) is 32.5 Å². The van der Waals surface area contributed by atoms with Crippen molar-refractivity contribution in [3.8, 4) is 5.75 Å². The van der Waals surface area contributed by atoms with Crippen molar-refractivity contribution in [1.29, 1.82) is 0 Å². The lowest BCUT2D eigenvalue weighted by Gasteiger charge is -2.17. The van der Waals surface area contributed by atoms with Gasteiger partial charge in [0.2, 0.25) is 0 Å². The molecular weight excluding hydrogens is 301 g/mol. The second-order valence-corrected chi connectivity index (χ2v) is 4.92. The molecule has 0 saturated carbocycles. The number of hydrogen-bond acceptors (Lipinski definition) is 3. The Labute approximate surface area is 126 Å². The van der Waals surface area contributed by atoms with Gasteiger partial charge in [0, 0.05) is 12.6 Å². The van der Waals surface area contributed by atoms with Crippen molar-refractivity contribution in [2.75, 3.05) is 18.5 Å². The fraction of sp³-hybridized carbons (Fsp3) is 0.500. The zero-order valence-corrected chi connectivity index (χ0v) is 12.3. The normalized spacial score (nSPS) is 12.6. The minimum atomic E-state index is -4.46. The third kappa shape index (κ3) is 6.66. The summed E-state index contributed by atoms with van der Waals surface area (Å²) in [5.74, 6) is -0.0534. The highest BCUT2D eigenvalue weighted by molar-refractivity contribution is 5.91. The summed E-state index contributed by atoms with van der Waals surface area (Å²) in [4.78, 5) is 11.8. The van der Waals surface area contributed by atoms with Gasteiger partial charge in [-0.2, -0.15) is 13.2 Å². The maximum absolute atomic E-state index is 12.2. The van der Waals surface area contributed by atoms with Crippen LogP contribution < -0.4 is 15.4 Å². The average molecular weight is 320 g/mol. The number of benzene rings is 1. The first-order chi connectivity index (χ1) is 10.2. The molecule has 0 aromatic heterocycles. The van der Waals surface area contributed by atoms with Gasteiger partial charge in [0.25, 0.3) is 0 Å². The fourth-order valence-electron chi connectivity index (χ4n) is 1.66. The second-order valence-electron chi connectivity index (χ2n) is 4.92. The van der Waals surface area contributed by atoms with Crippen molar-refractivity contribution < 1.29 is 27.8 Å². The summed E-state index contributed by atoms with van der Waals surface area (Å²) in [6.45, 7) is 1.89. The standard InChI is InChI=1S/C14H19F3N2O3/c1-9-3-4-11(12(7-9)22-8-14(15,16)17)19-13(21)18-10(2)5-6-20/h3-4,7,10,20H,5-6,8H2,1-2H3,(H2,18,19,21)/t10-/m1/s1. The van der Waals surface area contributed by atoms with E-state index in [0.29, 0.717) is 12.0 Å². The molecule has 5 nitrogen and oxygen atoms in total. The molecule has 0 fully saturated rings. The van der Waals surface area contributed by atoms with E-state index >= 15 is 0 Å². The van der Waals surface area contributed by atoms with Crippen molar-refractivity contribution in [1.82, 2.24) is 5.32 Å². The molecule has 0 aliphatic carbocycles. The van der Waals surface area contributed by atoms with Crippen LogP contribution in [0.4, 0.5) is 23.7 Å². The van der Waals surface area contributed by atoms with E-state index in [2.05, 4.69) is 10.6 Å². The molecule has 0 bridgehead atoms. The Hall–Kier alpha value is -1.96. The third-order valence-corrected chi connectivity index (χ3v) is 2.72. The van der Waals surface area contributed by atoms with Crippen LogP contribution >= 0.6 is 0 Å². The van der Waals surface area contributed by atoms with Crippen LogP contribution in [0.15, 0.2) is 18.2 Å². The molecular formula is C14H19F3N2O3. The molecule has 0 spiro atoms. The van der Waals surface area contributed by atoms with Gasteiger partial charge < -0.3 is 20.5 Å². The first-order valence-corrected chi connectivity index (χ1v) is 6.70. The van der Waals surface area contributed by atoms with E-state index in [4.69, 9.17) is 9.84 Å². The average Bonchev–Trinajstić information content (AvgIpc) is 2.38. The molecule has 1 aromatic rings. The maximum atomic E-state index is 12.2. The molecule has 2 amide bonds. The molecule has 124 valence electrons. The van der Waals surface area contributed by atoms with Gasteiger partial charge in [-0.15, -0.1) is 0 Å². The SMILES string of the molecule is Cc1ccc(NC(=O)N[C@H](C)CCO)c(OCC(F)(F)F)c1. The van der Waals surface area contributed by atoms with Crippen LogP contribution in [0.5, 0.6) is 5.75 Å². The van der Waals surface area contributed by atoms with Gasteiger partial charge in [-0.25, -0.2) is 4.79 Å². The number of carbonyl (C=O) groups excluding carboxylic acids is 1. The van der Waals surface area contributed by atoms with E-state index in [9.17, 15) is 18.0 Å². The Morgan fingerprint density at radius 2 is 2.09 bits per heavy atom. The first kappa shape index (κ1) is 18.1. The molecule has 0 heterocycles. The quantitative estimate of drug-likeness (QED) is 0.755. The Kier molecular flexibility index (Phi) is 6.48. The van der Waals surface area contributed by atoms with Crippen molar-refractivity contribution >= 4 is 11.7 Å². The number of halogens is 3. The largest absolute Gasteiger partial charge is 0.482 e. The number of rotatable bonds is 6. The predicted molar refractivity (Wildman–Crippen MR) is 76.0 cm³/mol. The van der Waals surface area contributed by atoms with E-state index in [-0.39, 0.29) is 24.1 Å². The molecule has 0 saturated heterocycles. The van der Waals surface area contributed by atoms with Crippen molar-refractivity contribution in [2.24, 2.45) is 0 Å². The van der Waals surface area contributed by atoms with E-state index in [0.717, 1.165) is 0 Å². The lowest BCUT2D eigenvalue weighted by Crippen LogP contribution is -2.36. The van der Waals surface area contributed by atoms with Gasteiger partial charge in [-0.1, -0.05) is 6.07 Å². The number of aryl methyl sites for hydroxylation is 1. The third-order valence-electron chi connectivity index (χ3n) is 2.72. The zero-order valence-electron chi connectivity index (χ0n) is 12.3. The lowest BCUT2D eigenvalue weighted by atomic mass is 10.2. The Bertz CT molecular complexity index is 507. The molecule has 3 N–H and O–H groups in total. The van der Waals surface area contributed by atoms with Crippen LogP contribution in [0.2, 0.25) is 0 Å². The predicted octanol–water partition coefficient (Wildman–Crippen LogP) is 2.83. The maximum Gasteiger partial charge on any atom is 0.422 e. The lowest BCUT2D eigenvalue weighted by molar-refractivity contribution is -0.153. The topological polar surface area (TPSA) is 70.6 Å². The molecule has 8 heteroatoms. The summed E-state index contributed by atoms with van der Waals surface area (Å²) in [7, 11) is 0. The molecule has 22 heavy (non-hydrogen) atoms. The van der Waals surface area contributed by atoms with Gasteiger partial charge >= 0.3 is 12.2 Å². The van der Waals surface area contributed by atoms with Crippen LogP contribution in [0, 0.1) is 6.92 Å². The monoisotopic (exact) mass is 320 g/mol. The van der Waals surface area contributed by atoms with Crippen molar-refractivity contribution in [3.05, 3.63) is 23.8 Å².